The summed E-state index contributed by atoms with van der Waals surface area (Å²) in [6.45, 7) is 2.28. The Bertz CT molecular complexity index is 331. The Balaban J connectivity index is 2.39. The van der Waals surface area contributed by atoms with Crippen LogP contribution in [0.1, 0.15) is 16.1 Å². The molecule has 3 nitrogen and oxygen atoms in total. The first-order valence-corrected chi connectivity index (χ1v) is 4.82. The van der Waals surface area contributed by atoms with Crippen molar-refractivity contribution in [1.29, 1.82) is 0 Å². The van der Waals surface area contributed by atoms with Gasteiger partial charge < -0.3 is 9.73 Å². The summed E-state index contributed by atoms with van der Waals surface area (Å²) in [5.74, 6) is 1.05. The fourth-order valence-corrected chi connectivity index (χ4v) is 1.09. The van der Waals surface area contributed by atoms with Crippen LogP contribution in [0.4, 0.5) is 0 Å². The quantitative estimate of drug-likeness (QED) is 0.615. The molecule has 0 atom stereocenters. The molecule has 1 aromatic heterocycles. The van der Waals surface area contributed by atoms with Gasteiger partial charge in [-0.15, -0.1) is 11.6 Å². The molecule has 1 aromatic rings. The fraction of sp³-hybridized carbons (Fsp3) is 0.300. The number of amides is 1. The predicted molar refractivity (Wildman–Crippen MR) is 55.6 cm³/mol. The topological polar surface area (TPSA) is 42.2 Å². The van der Waals surface area contributed by atoms with Crippen molar-refractivity contribution in [1.82, 2.24) is 5.32 Å². The molecule has 0 radical (unpaired) electrons. The molecule has 0 aliphatic heterocycles. The van der Waals surface area contributed by atoms with Crippen LogP contribution in [0.2, 0.25) is 0 Å². The number of alkyl halides is 1. The van der Waals surface area contributed by atoms with Crippen molar-refractivity contribution in [3.8, 4) is 0 Å². The van der Waals surface area contributed by atoms with Crippen LogP contribution >= 0.6 is 11.6 Å². The second-order valence-corrected chi connectivity index (χ2v) is 3.09. The number of furan rings is 1. The predicted octanol–water partition coefficient (Wildman–Crippen LogP) is 2.11. The number of hydrogen-bond donors (Lipinski definition) is 1. The van der Waals surface area contributed by atoms with E-state index >= 15 is 0 Å². The maximum atomic E-state index is 11.4. The van der Waals surface area contributed by atoms with E-state index in [0.717, 1.165) is 5.76 Å². The van der Waals surface area contributed by atoms with E-state index < -0.39 is 0 Å². The lowest BCUT2D eigenvalue weighted by Crippen LogP contribution is -2.22. The summed E-state index contributed by atoms with van der Waals surface area (Å²) < 4.78 is 5.01. The van der Waals surface area contributed by atoms with E-state index in [1.807, 2.05) is 0 Å². The molecule has 1 N–H and O–H groups in total. The minimum atomic E-state index is -0.138. The average molecular weight is 214 g/mol. The molecule has 1 rings (SSSR count). The largest absolute Gasteiger partial charge is 0.469 e. The Hall–Kier alpha value is -1.22. The summed E-state index contributed by atoms with van der Waals surface area (Å²) in [5.41, 5.74) is 0.543. The van der Waals surface area contributed by atoms with Gasteiger partial charge in [0.15, 0.2) is 0 Å². The standard InChI is InChI=1S/C10H12ClNO2/c1-8-6-9(7-14-8)10(13)12-5-3-2-4-11/h2-3,6-7H,4-5H2,1H3,(H,12,13)/b3-2+. The number of halogens is 1. The average Bonchev–Trinajstić information content (AvgIpc) is 2.59. The Morgan fingerprint density at radius 3 is 3.00 bits per heavy atom. The molecule has 0 saturated heterocycles. The van der Waals surface area contributed by atoms with Crippen LogP contribution < -0.4 is 5.32 Å². The van der Waals surface area contributed by atoms with E-state index in [2.05, 4.69) is 5.32 Å². The maximum Gasteiger partial charge on any atom is 0.254 e. The SMILES string of the molecule is Cc1cc(C(=O)NC/C=C/CCl)co1. The third kappa shape index (κ3) is 3.26. The number of nitrogens with one attached hydrogen (secondary N) is 1. The van der Waals surface area contributed by atoms with Gasteiger partial charge in [0.2, 0.25) is 0 Å². The number of carbonyl (C=O) groups excluding carboxylic acids is 1. The smallest absolute Gasteiger partial charge is 0.254 e. The highest BCUT2D eigenvalue weighted by atomic mass is 35.5. The molecule has 0 aliphatic carbocycles. The first-order chi connectivity index (χ1) is 6.74. The lowest BCUT2D eigenvalue weighted by molar-refractivity contribution is 0.0957. The number of hydrogen-bond acceptors (Lipinski definition) is 2. The molecule has 0 aliphatic rings. The zero-order valence-corrected chi connectivity index (χ0v) is 8.67. The van der Waals surface area contributed by atoms with E-state index in [4.69, 9.17) is 16.0 Å². The van der Waals surface area contributed by atoms with Gasteiger partial charge in [-0.3, -0.25) is 4.79 Å². The van der Waals surface area contributed by atoms with Gasteiger partial charge in [0, 0.05) is 12.4 Å². The first kappa shape index (κ1) is 10.9. The highest BCUT2D eigenvalue weighted by Crippen LogP contribution is 2.05. The molecule has 1 heterocycles. The van der Waals surface area contributed by atoms with Gasteiger partial charge in [0.25, 0.3) is 5.91 Å². The summed E-state index contributed by atoms with van der Waals surface area (Å²) >= 11 is 5.42. The second-order valence-electron chi connectivity index (χ2n) is 2.78. The molecule has 1 amide bonds. The van der Waals surface area contributed by atoms with Crippen molar-refractivity contribution in [2.75, 3.05) is 12.4 Å². The summed E-state index contributed by atoms with van der Waals surface area (Å²) in [7, 11) is 0. The fourth-order valence-electron chi connectivity index (χ4n) is 0.963. The molecule has 0 aromatic carbocycles. The molecule has 0 unspecified atom stereocenters. The van der Waals surface area contributed by atoms with E-state index in [1.54, 1.807) is 25.1 Å². The van der Waals surface area contributed by atoms with Gasteiger partial charge in [-0.05, 0) is 13.0 Å². The highest BCUT2D eigenvalue weighted by Gasteiger charge is 2.06. The first-order valence-electron chi connectivity index (χ1n) is 4.28. The zero-order valence-electron chi connectivity index (χ0n) is 7.92. The zero-order chi connectivity index (χ0) is 10.4. The highest BCUT2D eigenvalue weighted by molar-refractivity contribution is 6.18. The second kappa shape index (κ2) is 5.50. The lowest BCUT2D eigenvalue weighted by Gasteiger charge is -1.97. The molecule has 0 saturated carbocycles. The van der Waals surface area contributed by atoms with Crippen LogP contribution in [-0.4, -0.2) is 18.3 Å². The minimum absolute atomic E-state index is 0.138. The maximum absolute atomic E-state index is 11.4. The van der Waals surface area contributed by atoms with Gasteiger partial charge in [0.05, 0.1) is 5.56 Å². The normalized spacial score (nSPS) is 10.7. The van der Waals surface area contributed by atoms with Crippen LogP contribution in [0.25, 0.3) is 0 Å². The van der Waals surface area contributed by atoms with Crippen molar-refractivity contribution in [2.45, 2.75) is 6.92 Å². The molecule has 76 valence electrons. The minimum Gasteiger partial charge on any atom is -0.469 e. The van der Waals surface area contributed by atoms with E-state index in [-0.39, 0.29) is 5.91 Å². The lowest BCUT2D eigenvalue weighted by atomic mass is 10.3. The van der Waals surface area contributed by atoms with Gasteiger partial charge in [-0.1, -0.05) is 12.2 Å². The number of rotatable bonds is 4. The van der Waals surface area contributed by atoms with Crippen LogP contribution in [0.5, 0.6) is 0 Å². The molecule has 0 bridgehead atoms. The summed E-state index contributed by atoms with van der Waals surface area (Å²) in [6, 6.07) is 1.70. The van der Waals surface area contributed by atoms with Crippen molar-refractivity contribution < 1.29 is 9.21 Å². The Kier molecular flexibility index (Phi) is 4.26. The van der Waals surface area contributed by atoms with E-state index in [0.29, 0.717) is 18.0 Å². The van der Waals surface area contributed by atoms with Crippen molar-refractivity contribution >= 4 is 17.5 Å². The van der Waals surface area contributed by atoms with Crippen LogP contribution in [0.3, 0.4) is 0 Å². The molecule has 4 heteroatoms. The van der Waals surface area contributed by atoms with Gasteiger partial charge in [-0.2, -0.15) is 0 Å². The van der Waals surface area contributed by atoms with Gasteiger partial charge in [-0.25, -0.2) is 0 Å². The van der Waals surface area contributed by atoms with E-state index in [9.17, 15) is 4.79 Å². The van der Waals surface area contributed by atoms with Crippen molar-refractivity contribution in [3.63, 3.8) is 0 Å². The van der Waals surface area contributed by atoms with Crippen molar-refractivity contribution in [3.05, 3.63) is 35.8 Å². The third-order valence-electron chi connectivity index (χ3n) is 1.63. The van der Waals surface area contributed by atoms with Crippen molar-refractivity contribution in [2.24, 2.45) is 0 Å². The Labute approximate surface area is 87.7 Å². The van der Waals surface area contributed by atoms with Gasteiger partial charge in [0.1, 0.15) is 12.0 Å². The van der Waals surface area contributed by atoms with Crippen LogP contribution in [0.15, 0.2) is 28.9 Å². The molecule has 14 heavy (non-hydrogen) atoms. The third-order valence-corrected chi connectivity index (χ3v) is 1.81. The molecule has 0 fully saturated rings. The number of allylic oxidation sites excluding steroid dienone is 1. The van der Waals surface area contributed by atoms with Gasteiger partial charge >= 0.3 is 0 Å². The van der Waals surface area contributed by atoms with E-state index in [1.165, 1.54) is 6.26 Å². The Morgan fingerprint density at radius 2 is 2.43 bits per heavy atom. The summed E-state index contributed by atoms with van der Waals surface area (Å²) in [4.78, 5) is 11.4. The number of carbonyl (C=O) groups is 1. The van der Waals surface area contributed by atoms with Crippen LogP contribution in [0, 0.1) is 6.92 Å². The monoisotopic (exact) mass is 213 g/mol. The summed E-state index contributed by atoms with van der Waals surface area (Å²) in [5, 5.41) is 2.70. The molecular weight excluding hydrogens is 202 g/mol. The summed E-state index contributed by atoms with van der Waals surface area (Å²) in [6.07, 6.45) is 5.02. The van der Waals surface area contributed by atoms with Crippen LogP contribution in [-0.2, 0) is 0 Å². The number of aryl methyl sites for hydroxylation is 1. The molecular formula is C10H12ClNO2. The molecule has 0 spiro atoms. The Morgan fingerprint density at radius 1 is 1.64 bits per heavy atom.